The maximum absolute atomic E-state index is 11.9. The van der Waals surface area contributed by atoms with E-state index in [0.717, 1.165) is 0 Å². The van der Waals surface area contributed by atoms with Crippen molar-refractivity contribution in [3.63, 3.8) is 0 Å². The Kier molecular flexibility index (Phi) is 3.73. The molecule has 2 N–H and O–H groups in total. The van der Waals surface area contributed by atoms with Crippen LogP contribution < -0.4 is 5.73 Å². The van der Waals surface area contributed by atoms with E-state index in [1.54, 1.807) is 0 Å². The molecule has 1 fully saturated rings. The highest BCUT2D eigenvalue weighted by Crippen LogP contribution is 2.14. The van der Waals surface area contributed by atoms with Crippen molar-refractivity contribution in [2.45, 2.75) is 51.9 Å². The molecule has 1 heterocycles. The molecule has 1 amide bonds. The summed E-state index contributed by atoms with van der Waals surface area (Å²) in [6.07, 6.45) is 0.643. The molecule has 0 aromatic heterocycles. The van der Waals surface area contributed by atoms with Gasteiger partial charge in [-0.1, -0.05) is 0 Å². The Balaban J connectivity index is 2.52. The number of ether oxygens (including phenoxy) is 1. The van der Waals surface area contributed by atoms with Gasteiger partial charge in [-0.25, -0.2) is 0 Å². The summed E-state index contributed by atoms with van der Waals surface area (Å²) in [6, 6.07) is 0. The summed E-state index contributed by atoms with van der Waals surface area (Å²) in [6.45, 7) is 9.09. The molecular weight excluding hydrogens is 192 g/mol. The van der Waals surface area contributed by atoms with Crippen LogP contribution in [0.4, 0.5) is 0 Å². The highest BCUT2D eigenvalue weighted by Gasteiger charge is 2.28. The molecular formula is C11H22N2O2. The first-order valence-electron chi connectivity index (χ1n) is 5.50. The van der Waals surface area contributed by atoms with Crippen LogP contribution in [0.3, 0.4) is 0 Å². The van der Waals surface area contributed by atoms with E-state index in [4.69, 9.17) is 10.5 Å². The van der Waals surface area contributed by atoms with E-state index in [1.165, 1.54) is 0 Å². The number of rotatable bonds is 2. The van der Waals surface area contributed by atoms with Gasteiger partial charge in [0.05, 0.1) is 12.2 Å². The first kappa shape index (κ1) is 12.5. The first-order valence-corrected chi connectivity index (χ1v) is 5.50. The molecule has 0 aromatic rings. The highest BCUT2D eigenvalue weighted by molar-refractivity contribution is 5.77. The molecule has 15 heavy (non-hydrogen) atoms. The average molecular weight is 214 g/mol. The zero-order valence-electron chi connectivity index (χ0n) is 10.1. The first-order chi connectivity index (χ1) is 6.78. The van der Waals surface area contributed by atoms with Gasteiger partial charge >= 0.3 is 0 Å². The van der Waals surface area contributed by atoms with Gasteiger partial charge in [0.1, 0.15) is 0 Å². The lowest BCUT2D eigenvalue weighted by molar-refractivity contribution is -0.144. The summed E-state index contributed by atoms with van der Waals surface area (Å²) < 4.78 is 5.57. The molecule has 1 aliphatic heterocycles. The molecule has 0 aliphatic carbocycles. The molecule has 0 spiro atoms. The lowest BCUT2D eigenvalue weighted by atomic mass is 10.0. The molecule has 0 radical (unpaired) electrons. The SMILES string of the molecule is CC1CN(C(=O)CC(C)(C)N)CC(C)O1. The van der Waals surface area contributed by atoms with E-state index in [0.29, 0.717) is 19.5 Å². The number of nitrogens with zero attached hydrogens (tertiary/aromatic N) is 1. The van der Waals surface area contributed by atoms with Gasteiger partial charge in [-0.2, -0.15) is 0 Å². The van der Waals surface area contributed by atoms with Gasteiger partial charge in [-0.3, -0.25) is 4.79 Å². The molecule has 0 bridgehead atoms. The van der Waals surface area contributed by atoms with Gasteiger partial charge in [0, 0.05) is 25.0 Å². The van der Waals surface area contributed by atoms with Crippen LogP contribution in [0.25, 0.3) is 0 Å². The Labute approximate surface area is 91.8 Å². The van der Waals surface area contributed by atoms with Gasteiger partial charge in [0.2, 0.25) is 5.91 Å². The topological polar surface area (TPSA) is 55.6 Å². The zero-order chi connectivity index (χ0) is 11.6. The average Bonchev–Trinajstić information content (AvgIpc) is 1.98. The van der Waals surface area contributed by atoms with Crippen molar-refractivity contribution in [2.75, 3.05) is 13.1 Å². The van der Waals surface area contributed by atoms with Crippen LogP contribution in [0, 0.1) is 0 Å². The standard InChI is InChI=1S/C11H22N2O2/c1-8-6-13(7-9(2)15-8)10(14)5-11(3,4)12/h8-9H,5-7,12H2,1-4H3. The van der Waals surface area contributed by atoms with Gasteiger partial charge in [-0.05, 0) is 27.7 Å². The van der Waals surface area contributed by atoms with Crippen LogP contribution >= 0.6 is 0 Å². The third kappa shape index (κ3) is 4.18. The van der Waals surface area contributed by atoms with Crippen molar-refractivity contribution in [3.8, 4) is 0 Å². The maximum Gasteiger partial charge on any atom is 0.224 e. The van der Waals surface area contributed by atoms with Crippen LogP contribution in [-0.2, 0) is 9.53 Å². The fourth-order valence-electron chi connectivity index (χ4n) is 1.88. The largest absolute Gasteiger partial charge is 0.372 e. The molecule has 1 saturated heterocycles. The second-order valence-electron chi connectivity index (χ2n) is 5.22. The smallest absolute Gasteiger partial charge is 0.224 e. The predicted molar refractivity (Wildman–Crippen MR) is 59.5 cm³/mol. The van der Waals surface area contributed by atoms with Gasteiger partial charge in [0.25, 0.3) is 0 Å². The number of hydrogen-bond donors (Lipinski definition) is 1. The van der Waals surface area contributed by atoms with E-state index in [1.807, 2.05) is 32.6 Å². The van der Waals surface area contributed by atoms with E-state index < -0.39 is 5.54 Å². The third-order valence-electron chi connectivity index (χ3n) is 2.38. The number of nitrogens with two attached hydrogens (primary N) is 1. The fourth-order valence-corrected chi connectivity index (χ4v) is 1.88. The zero-order valence-corrected chi connectivity index (χ0v) is 10.1. The van der Waals surface area contributed by atoms with E-state index >= 15 is 0 Å². The summed E-state index contributed by atoms with van der Waals surface area (Å²) in [5.41, 5.74) is 5.40. The molecule has 4 heteroatoms. The normalized spacial score (nSPS) is 27.9. The molecule has 2 atom stereocenters. The van der Waals surface area contributed by atoms with Crippen molar-refractivity contribution in [3.05, 3.63) is 0 Å². The molecule has 0 saturated carbocycles. The number of carbonyl (C=O) groups excluding carboxylic acids is 1. The highest BCUT2D eigenvalue weighted by atomic mass is 16.5. The summed E-state index contributed by atoms with van der Waals surface area (Å²) >= 11 is 0. The molecule has 2 unspecified atom stereocenters. The Morgan fingerprint density at radius 3 is 2.27 bits per heavy atom. The molecule has 88 valence electrons. The van der Waals surface area contributed by atoms with E-state index in [9.17, 15) is 4.79 Å². The summed E-state index contributed by atoms with van der Waals surface area (Å²) in [7, 11) is 0. The van der Waals surface area contributed by atoms with Crippen LogP contribution in [-0.4, -0.2) is 41.6 Å². The fraction of sp³-hybridized carbons (Fsp3) is 0.909. The quantitative estimate of drug-likeness (QED) is 0.738. The number of amides is 1. The Morgan fingerprint density at radius 2 is 1.87 bits per heavy atom. The summed E-state index contributed by atoms with van der Waals surface area (Å²) in [5.74, 6) is 0.129. The van der Waals surface area contributed by atoms with Crippen molar-refractivity contribution in [1.82, 2.24) is 4.90 Å². The maximum atomic E-state index is 11.9. The number of morpholine rings is 1. The summed E-state index contributed by atoms with van der Waals surface area (Å²) in [4.78, 5) is 13.7. The molecule has 4 nitrogen and oxygen atoms in total. The van der Waals surface area contributed by atoms with Crippen LogP contribution in [0.2, 0.25) is 0 Å². The minimum Gasteiger partial charge on any atom is -0.372 e. The van der Waals surface area contributed by atoms with Crippen LogP contribution in [0.1, 0.15) is 34.1 Å². The van der Waals surface area contributed by atoms with E-state index in [2.05, 4.69) is 0 Å². The van der Waals surface area contributed by atoms with Crippen molar-refractivity contribution in [1.29, 1.82) is 0 Å². The number of hydrogen-bond acceptors (Lipinski definition) is 3. The molecule has 1 aliphatic rings. The number of carbonyl (C=O) groups is 1. The van der Waals surface area contributed by atoms with Crippen LogP contribution in [0.15, 0.2) is 0 Å². The molecule has 0 aromatic carbocycles. The van der Waals surface area contributed by atoms with Crippen molar-refractivity contribution >= 4 is 5.91 Å². The van der Waals surface area contributed by atoms with Gasteiger partial charge in [-0.15, -0.1) is 0 Å². The van der Waals surface area contributed by atoms with Gasteiger partial charge < -0.3 is 15.4 Å². The second-order valence-corrected chi connectivity index (χ2v) is 5.22. The van der Waals surface area contributed by atoms with Crippen LogP contribution in [0.5, 0.6) is 0 Å². The van der Waals surface area contributed by atoms with Gasteiger partial charge in [0.15, 0.2) is 0 Å². The second kappa shape index (κ2) is 4.49. The Hall–Kier alpha value is -0.610. The van der Waals surface area contributed by atoms with Crippen molar-refractivity contribution in [2.24, 2.45) is 5.73 Å². The lowest BCUT2D eigenvalue weighted by Gasteiger charge is -2.36. The Bertz CT molecular complexity index is 225. The predicted octanol–water partition coefficient (Wildman–Crippen LogP) is 0.750. The third-order valence-corrected chi connectivity index (χ3v) is 2.38. The Morgan fingerprint density at radius 1 is 1.40 bits per heavy atom. The molecule has 1 rings (SSSR count). The summed E-state index contributed by atoms with van der Waals surface area (Å²) in [5, 5.41) is 0. The lowest BCUT2D eigenvalue weighted by Crippen LogP contribution is -2.50. The van der Waals surface area contributed by atoms with Crippen molar-refractivity contribution < 1.29 is 9.53 Å². The monoisotopic (exact) mass is 214 g/mol. The minimum absolute atomic E-state index is 0.124. The minimum atomic E-state index is -0.429. The van der Waals surface area contributed by atoms with E-state index in [-0.39, 0.29) is 18.1 Å².